The van der Waals surface area contributed by atoms with Crippen molar-refractivity contribution in [3.8, 4) is 0 Å². The molecule has 0 radical (unpaired) electrons. The first-order chi connectivity index (χ1) is 7.82. The number of ether oxygens (including phenoxy) is 1. The molecule has 0 amide bonds. The average molecular weight is 238 g/mol. The van der Waals surface area contributed by atoms with Crippen molar-refractivity contribution in [3.63, 3.8) is 0 Å². The molecule has 0 spiro atoms. The van der Waals surface area contributed by atoms with E-state index in [9.17, 15) is 0 Å². The minimum atomic E-state index is 0.315. The van der Waals surface area contributed by atoms with Crippen LogP contribution in [-0.2, 0) is 4.74 Å². The fourth-order valence-corrected chi connectivity index (χ4v) is 6.92. The minimum absolute atomic E-state index is 0.315. The quantitative estimate of drug-likeness (QED) is 0.685. The van der Waals surface area contributed by atoms with E-state index in [1.54, 1.807) is 0 Å². The Balaban J connectivity index is 1.68. The monoisotopic (exact) mass is 238 g/mol. The fraction of sp³-hybridized carbons (Fsp3) is 1.00. The molecular formula is C14H22OS. The van der Waals surface area contributed by atoms with Gasteiger partial charge in [-0.15, -0.1) is 11.8 Å². The number of hydrogen-bond donors (Lipinski definition) is 0. The summed E-state index contributed by atoms with van der Waals surface area (Å²) in [6.45, 7) is 0. The summed E-state index contributed by atoms with van der Waals surface area (Å²) in [7, 11) is 0. The molecule has 4 unspecified atom stereocenters. The van der Waals surface area contributed by atoms with Gasteiger partial charge in [0.25, 0.3) is 0 Å². The van der Waals surface area contributed by atoms with Gasteiger partial charge in [-0.2, -0.15) is 0 Å². The topological polar surface area (TPSA) is 9.23 Å². The molecule has 1 nitrogen and oxygen atoms in total. The Labute approximate surface area is 103 Å². The lowest BCUT2D eigenvalue weighted by Crippen LogP contribution is -2.52. The Kier molecular flexibility index (Phi) is 2.19. The summed E-state index contributed by atoms with van der Waals surface area (Å²) in [5.41, 5.74) is 0.315. The molecule has 0 aliphatic carbocycles. The largest absolute Gasteiger partial charge is 0.370 e. The predicted molar refractivity (Wildman–Crippen MR) is 67.9 cm³/mol. The average Bonchev–Trinajstić information content (AvgIpc) is 2.80. The van der Waals surface area contributed by atoms with Crippen LogP contribution in [-0.4, -0.2) is 21.7 Å². The van der Waals surface area contributed by atoms with Crippen molar-refractivity contribution >= 4 is 11.8 Å². The van der Waals surface area contributed by atoms with Crippen molar-refractivity contribution in [2.75, 3.05) is 0 Å². The van der Waals surface area contributed by atoms with E-state index in [-0.39, 0.29) is 0 Å². The summed E-state index contributed by atoms with van der Waals surface area (Å²) in [5, 5.41) is 0.979. The van der Waals surface area contributed by atoms with Gasteiger partial charge >= 0.3 is 0 Å². The smallest absolute Gasteiger partial charge is 0.0833 e. The first kappa shape index (κ1) is 10.3. The Morgan fingerprint density at radius 3 is 2.81 bits per heavy atom. The van der Waals surface area contributed by atoms with Gasteiger partial charge in [0, 0.05) is 10.00 Å². The second-order valence-corrected chi connectivity index (χ2v) is 8.01. The molecule has 0 aromatic carbocycles. The fourth-order valence-electron chi connectivity index (χ4n) is 4.79. The lowest BCUT2D eigenvalue weighted by atomic mass is 9.76. The van der Waals surface area contributed by atoms with Crippen LogP contribution in [0.1, 0.15) is 64.2 Å². The standard InChI is InChI=1S/C14H22OS/c1-3-11-5-9-13(7-1,15-11)14-8-2-4-12(16-14)6-10-14/h11-12H,1-10H2. The SMILES string of the molecule is C1CC2CCC(C34CCCC(CC3)S4)(C1)O2. The predicted octanol–water partition coefficient (Wildman–Crippen LogP) is 3.91. The highest BCUT2D eigenvalue weighted by atomic mass is 32.2. The molecule has 4 aliphatic heterocycles. The van der Waals surface area contributed by atoms with Crippen LogP contribution in [0.4, 0.5) is 0 Å². The van der Waals surface area contributed by atoms with Crippen LogP contribution in [0.15, 0.2) is 0 Å². The highest BCUT2D eigenvalue weighted by molar-refractivity contribution is 8.01. The zero-order chi connectivity index (χ0) is 10.6. The summed E-state index contributed by atoms with van der Waals surface area (Å²) in [4.78, 5) is 0. The Bertz CT molecular complexity index is 267. The molecule has 4 aliphatic rings. The van der Waals surface area contributed by atoms with Crippen molar-refractivity contribution in [2.45, 2.75) is 85.9 Å². The second kappa shape index (κ2) is 3.41. The number of hydrogen-bond acceptors (Lipinski definition) is 2. The molecule has 4 heterocycles. The van der Waals surface area contributed by atoms with E-state index in [4.69, 9.17) is 4.74 Å². The van der Waals surface area contributed by atoms with Gasteiger partial charge < -0.3 is 4.74 Å². The number of rotatable bonds is 1. The van der Waals surface area contributed by atoms with Crippen LogP contribution in [0.25, 0.3) is 0 Å². The number of fused-ring (bicyclic) bond motifs is 5. The maximum absolute atomic E-state index is 6.52. The van der Waals surface area contributed by atoms with Gasteiger partial charge in [0.05, 0.1) is 11.7 Å². The van der Waals surface area contributed by atoms with Crippen LogP contribution < -0.4 is 0 Å². The third-order valence-corrected chi connectivity index (χ3v) is 7.60. The lowest BCUT2D eigenvalue weighted by Gasteiger charge is -2.49. The highest BCUT2D eigenvalue weighted by Gasteiger charge is 2.60. The van der Waals surface area contributed by atoms with Gasteiger partial charge in [0.1, 0.15) is 0 Å². The zero-order valence-corrected chi connectivity index (χ0v) is 10.9. The zero-order valence-electron chi connectivity index (χ0n) is 10.0. The molecule has 4 atom stereocenters. The van der Waals surface area contributed by atoms with E-state index < -0.39 is 0 Å². The molecule has 16 heavy (non-hydrogen) atoms. The molecule has 2 heteroatoms. The van der Waals surface area contributed by atoms with E-state index in [2.05, 4.69) is 11.8 Å². The molecule has 4 bridgehead atoms. The lowest BCUT2D eigenvalue weighted by molar-refractivity contribution is -0.102. The van der Waals surface area contributed by atoms with Crippen molar-refractivity contribution < 1.29 is 4.74 Å². The summed E-state index contributed by atoms with van der Waals surface area (Å²) in [6, 6.07) is 0. The van der Waals surface area contributed by atoms with Crippen molar-refractivity contribution in [1.29, 1.82) is 0 Å². The molecule has 0 aromatic heterocycles. The first-order valence-corrected chi connectivity index (χ1v) is 8.06. The highest BCUT2D eigenvalue weighted by Crippen LogP contribution is 2.63. The van der Waals surface area contributed by atoms with Gasteiger partial charge in [-0.25, -0.2) is 0 Å². The van der Waals surface area contributed by atoms with Gasteiger partial charge in [0.2, 0.25) is 0 Å². The van der Waals surface area contributed by atoms with Gasteiger partial charge in [-0.05, 0) is 57.8 Å². The number of thioether (sulfide) groups is 1. The third-order valence-electron chi connectivity index (χ3n) is 5.57. The van der Waals surface area contributed by atoms with Gasteiger partial charge in [0.15, 0.2) is 0 Å². The molecular weight excluding hydrogens is 216 g/mol. The Hall–Kier alpha value is 0.310. The van der Waals surface area contributed by atoms with Crippen LogP contribution in [0.5, 0.6) is 0 Å². The molecule has 0 aromatic rings. The molecule has 0 saturated carbocycles. The first-order valence-electron chi connectivity index (χ1n) is 7.18. The summed E-state index contributed by atoms with van der Waals surface area (Å²) >= 11 is 2.33. The van der Waals surface area contributed by atoms with Crippen molar-refractivity contribution in [3.05, 3.63) is 0 Å². The molecule has 0 N–H and O–H groups in total. The van der Waals surface area contributed by atoms with E-state index >= 15 is 0 Å². The second-order valence-electron chi connectivity index (χ2n) is 6.33. The van der Waals surface area contributed by atoms with Gasteiger partial charge in [-0.1, -0.05) is 6.42 Å². The molecule has 4 saturated heterocycles. The maximum atomic E-state index is 6.52. The van der Waals surface area contributed by atoms with Crippen molar-refractivity contribution in [1.82, 2.24) is 0 Å². The normalized spacial score (nSPS) is 55.5. The van der Waals surface area contributed by atoms with E-state index in [1.807, 2.05) is 0 Å². The minimum Gasteiger partial charge on any atom is -0.370 e. The van der Waals surface area contributed by atoms with Crippen molar-refractivity contribution in [2.24, 2.45) is 0 Å². The van der Waals surface area contributed by atoms with E-state index in [0.717, 1.165) is 5.25 Å². The van der Waals surface area contributed by atoms with E-state index in [1.165, 1.54) is 64.2 Å². The van der Waals surface area contributed by atoms with Crippen LogP contribution in [0.3, 0.4) is 0 Å². The Morgan fingerprint density at radius 2 is 1.81 bits per heavy atom. The van der Waals surface area contributed by atoms with Gasteiger partial charge in [-0.3, -0.25) is 0 Å². The van der Waals surface area contributed by atoms with Crippen LogP contribution in [0, 0.1) is 0 Å². The summed E-state index contributed by atoms with van der Waals surface area (Å²) in [5.74, 6) is 0. The third kappa shape index (κ3) is 1.23. The molecule has 4 fully saturated rings. The molecule has 90 valence electrons. The van der Waals surface area contributed by atoms with E-state index in [0.29, 0.717) is 16.5 Å². The maximum Gasteiger partial charge on any atom is 0.0833 e. The van der Waals surface area contributed by atoms with Crippen LogP contribution in [0.2, 0.25) is 0 Å². The Morgan fingerprint density at radius 1 is 0.875 bits per heavy atom. The molecule has 4 rings (SSSR count). The van der Waals surface area contributed by atoms with Crippen LogP contribution >= 0.6 is 11.8 Å². The summed E-state index contributed by atoms with van der Waals surface area (Å²) < 4.78 is 7.07. The summed E-state index contributed by atoms with van der Waals surface area (Å²) in [6.07, 6.45) is 14.8.